The molecule has 0 radical (unpaired) electrons. The summed E-state index contributed by atoms with van der Waals surface area (Å²) in [6.07, 6.45) is -0.603. The number of carbonyl (C=O) groups excluding carboxylic acids is 2. The van der Waals surface area contributed by atoms with Gasteiger partial charge in [0.25, 0.3) is 5.56 Å². The summed E-state index contributed by atoms with van der Waals surface area (Å²) in [7, 11) is 0. The summed E-state index contributed by atoms with van der Waals surface area (Å²) in [5, 5.41) is 3.22. The Labute approximate surface area is 174 Å². The van der Waals surface area contributed by atoms with Crippen molar-refractivity contribution in [3.8, 4) is 0 Å². The molecule has 0 fully saturated rings. The van der Waals surface area contributed by atoms with Gasteiger partial charge in [-0.2, -0.15) is 0 Å². The van der Waals surface area contributed by atoms with Crippen LogP contribution in [0.5, 0.6) is 0 Å². The van der Waals surface area contributed by atoms with Gasteiger partial charge in [0.1, 0.15) is 6.04 Å². The highest BCUT2D eigenvalue weighted by Crippen LogP contribution is 2.17. The molecule has 7 nitrogen and oxygen atoms in total. The summed E-state index contributed by atoms with van der Waals surface area (Å²) < 4.78 is 5.53. The van der Waals surface area contributed by atoms with Crippen LogP contribution in [0.1, 0.15) is 38.3 Å². The molecule has 0 unspecified atom stereocenters. The number of fused-ring (bicyclic) bond motifs is 1. The minimum Gasteiger partial charge on any atom is -0.453 e. The highest BCUT2D eigenvalue weighted by Gasteiger charge is 2.28. The van der Waals surface area contributed by atoms with E-state index in [1.165, 1.54) is 0 Å². The topological polar surface area (TPSA) is 101 Å². The number of ether oxygens (including phenoxy) is 1. The molecule has 3 aromatic rings. The van der Waals surface area contributed by atoms with Crippen molar-refractivity contribution in [2.75, 3.05) is 0 Å². The summed E-state index contributed by atoms with van der Waals surface area (Å²) in [5.74, 6) is -0.755. The number of esters is 1. The molecule has 0 saturated heterocycles. The molecule has 7 heteroatoms. The van der Waals surface area contributed by atoms with E-state index in [9.17, 15) is 14.4 Å². The number of aromatic nitrogens is 2. The van der Waals surface area contributed by atoms with E-state index in [1.54, 1.807) is 31.2 Å². The van der Waals surface area contributed by atoms with Gasteiger partial charge in [-0.1, -0.05) is 56.3 Å². The van der Waals surface area contributed by atoms with Gasteiger partial charge in [-0.25, -0.2) is 9.78 Å². The number of carbonyl (C=O) groups is 2. The molecule has 2 atom stereocenters. The van der Waals surface area contributed by atoms with E-state index >= 15 is 0 Å². The van der Waals surface area contributed by atoms with Gasteiger partial charge in [-0.05, 0) is 30.5 Å². The lowest BCUT2D eigenvalue weighted by Crippen LogP contribution is -2.46. The van der Waals surface area contributed by atoms with Crippen molar-refractivity contribution >= 4 is 22.8 Å². The molecule has 1 amide bonds. The van der Waals surface area contributed by atoms with Crippen LogP contribution in [0.2, 0.25) is 0 Å². The molecule has 2 aromatic carbocycles. The monoisotopic (exact) mass is 407 g/mol. The first-order chi connectivity index (χ1) is 14.3. The highest BCUT2D eigenvalue weighted by atomic mass is 16.5. The fraction of sp³-hybridized carbons (Fsp3) is 0.304. The minimum absolute atomic E-state index is 0.173. The normalized spacial score (nSPS) is 13.1. The third-order valence-electron chi connectivity index (χ3n) is 4.75. The van der Waals surface area contributed by atoms with Crippen LogP contribution in [-0.2, 0) is 20.7 Å². The van der Waals surface area contributed by atoms with Crippen LogP contribution in [0.15, 0.2) is 59.4 Å². The maximum Gasteiger partial charge on any atom is 0.329 e. The lowest BCUT2D eigenvalue weighted by molar-refractivity contribution is -0.154. The smallest absolute Gasteiger partial charge is 0.329 e. The van der Waals surface area contributed by atoms with Crippen LogP contribution in [0.4, 0.5) is 0 Å². The van der Waals surface area contributed by atoms with Gasteiger partial charge in [-0.15, -0.1) is 0 Å². The van der Waals surface area contributed by atoms with E-state index in [0.717, 1.165) is 5.56 Å². The van der Waals surface area contributed by atoms with Crippen molar-refractivity contribution < 1.29 is 14.3 Å². The molecule has 1 aromatic heterocycles. The zero-order chi connectivity index (χ0) is 21.7. The van der Waals surface area contributed by atoms with E-state index in [0.29, 0.717) is 10.9 Å². The molecule has 0 aliphatic heterocycles. The number of rotatable bonds is 7. The van der Waals surface area contributed by atoms with Gasteiger partial charge in [-0.3, -0.25) is 9.59 Å². The Morgan fingerprint density at radius 3 is 2.40 bits per heavy atom. The fourth-order valence-corrected chi connectivity index (χ4v) is 3.10. The molecule has 156 valence electrons. The third-order valence-corrected chi connectivity index (χ3v) is 4.75. The van der Waals surface area contributed by atoms with Crippen molar-refractivity contribution in [1.82, 2.24) is 15.3 Å². The Kier molecular flexibility index (Phi) is 6.61. The van der Waals surface area contributed by atoms with Crippen molar-refractivity contribution in [2.45, 2.75) is 39.3 Å². The maximum atomic E-state index is 12.7. The number of H-pyrrole nitrogens is 1. The summed E-state index contributed by atoms with van der Waals surface area (Å²) in [6.45, 7) is 5.29. The van der Waals surface area contributed by atoms with Crippen LogP contribution < -0.4 is 10.9 Å². The largest absolute Gasteiger partial charge is 0.453 e. The molecule has 0 aliphatic carbocycles. The van der Waals surface area contributed by atoms with Crippen LogP contribution in [-0.4, -0.2) is 27.9 Å². The highest BCUT2D eigenvalue weighted by molar-refractivity contribution is 5.86. The van der Waals surface area contributed by atoms with Gasteiger partial charge < -0.3 is 15.0 Å². The van der Waals surface area contributed by atoms with E-state index in [1.807, 2.05) is 44.2 Å². The van der Waals surface area contributed by atoms with Crippen LogP contribution in [0, 0.1) is 5.92 Å². The van der Waals surface area contributed by atoms with Crippen LogP contribution in [0.3, 0.4) is 0 Å². The number of nitrogens with one attached hydrogen (secondary N) is 2. The molecule has 0 aliphatic rings. The van der Waals surface area contributed by atoms with E-state index in [-0.39, 0.29) is 29.6 Å². The number of benzene rings is 2. The number of para-hydroxylation sites is 1. The Morgan fingerprint density at radius 1 is 1.03 bits per heavy atom. The standard InChI is InChI=1S/C23H25N3O4/c1-14(2)20(25-19(27)13-16-9-5-4-6-10-16)23(29)30-15(3)21-24-18-12-8-7-11-17(18)22(28)26-21/h4-12,14-15,20H,13H2,1-3H3,(H,25,27)(H,24,26,28)/t15-,20+/m1/s1. The number of hydrogen-bond acceptors (Lipinski definition) is 5. The Balaban J connectivity index is 1.70. The molecule has 3 rings (SSSR count). The van der Waals surface area contributed by atoms with E-state index < -0.39 is 18.1 Å². The van der Waals surface area contributed by atoms with Gasteiger partial charge in [0.2, 0.25) is 5.91 Å². The van der Waals surface area contributed by atoms with E-state index in [2.05, 4.69) is 15.3 Å². The van der Waals surface area contributed by atoms with Crippen LogP contribution >= 0.6 is 0 Å². The first-order valence-electron chi connectivity index (χ1n) is 9.88. The number of amides is 1. The molecule has 0 saturated carbocycles. The second-order valence-corrected chi connectivity index (χ2v) is 7.50. The number of hydrogen-bond donors (Lipinski definition) is 2. The zero-order valence-electron chi connectivity index (χ0n) is 17.2. The summed E-state index contributed by atoms with van der Waals surface area (Å²) in [5.41, 5.74) is 1.09. The Hall–Kier alpha value is -3.48. The van der Waals surface area contributed by atoms with Gasteiger partial charge in [0, 0.05) is 0 Å². The van der Waals surface area contributed by atoms with E-state index in [4.69, 9.17) is 4.74 Å². The van der Waals surface area contributed by atoms with Gasteiger partial charge >= 0.3 is 5.97 Å². The van der Waals surface area contributed by atoms with Crippen LogP contribution in [0.25, 0.3) is 10.9 Å². The van der Waals surface area contributed by atoms with Crippen molar-refractivity contribution in [3.63, 3.8) is 0 Å². The predicted octanol–water partition coefficient (Wildman–Crippen LogP) is 2.91. The summed E-state index contributed by atoms with van der Waals surface area (Å²) in [4.78, 5) is 44.5. The lowest BCUT2D eigenvalue weighted by Gasteiger charge is -2.23. The first-order valence-corrected chi connectivity index (χ1v) is 9.88. The fourth-order valence-electron chi connectivity index (χ4n) is 3.10. The van der Waals surface area contributed by atoms with Crippen molar-refractivity contribution in [1.29, 1.82) is 0 Å². The second kappa shape index (κ2) is 9.35. The van der Waals surface area contributed by atoms with Crippen molar-refractivity contribution in [3.05, 3.63) is 76.3 Å². The Morgan fingerprint density at radius 2 is 1.70 bits per heavy atom. The average molecular weight is 407 g/mol. The number of nitrogens with zero attached hydrogens (tertiary/aromatic N) is 1. The molecular formula is C23H25N3O4. The Bertz CT molecular complexity index is 1090. The number of aromatic amines is 1. The summed E-state index contributed by atoms with van der Waals surface area (Å²) in [6, 6.07) is 15.4. The molecule has 30 heavy (non-hydrogen) atoms. The zero-order valence-corrected chi connectivity index (χ0v) is 17.2. The molecule has 2 N–H and O–H groups in total. The van der Waals surface area contributed by atoms with Gasteiger partial charge in [0.15, 0.2) is 11.9 Å². The minimum atomic E-state index is -0.809. The van der Waals surface area contributed by atoms with Gasteiger partial charge in [0.05, 0.1) is 17.3 Å². The quantitative estimate of drug-likeness (QED) is 0.587. The average Bonchev–Trinajstić information content (AvgIpc) is 2.72. The molecule has 1 heterocycles. The molecular weight excluding hydrogens is 382 g/mol. The second-order valence-electron chi connectivity index (χ2n) is 7.50. The SMILES string of the molecule is CC(C)[C@H](NC(=O)Cc1ccccc1)C(=O)O[C@H](C)c1nc2ccccc2c(=O)[nH]1. The third kappa shape index (κ3) is 5.11. The summed E-state index contributed by atoms with van der Waals surface area (Å²) >= 11 is 0. The lowest BCUT2D eigenvalue weighted by atomic mass is 10.0. The first kappa shape index (κ1) is 21.2. The molecule has 0 bridgehead atoms. The van der Waals surface area contributed by atoms with Crippen molar-refractivity contribution in [2.24, 2.45) is 5.92 Å². The molecule has 0 spiro atoms. The maximum absolute atomic E-state index is 12.7. The predicted molar refractivity (Wildman–Crippen MR) is 114 cm³/mol.